The first-order chi connectivity index (χ1) is 9.56. The SMILES string of the molecule is CC(C)CNC(=O)c1ccc(Cn2ccccc2=O)o1. The number of nitrogens with one attached hydrogen (secondary N) is 1. The van der Waals surface area contributed by atoms with E-state index in [4.69, 9.17) is 4.42 Å². The molecule has 1 N–H and O–H groups in total. The van der Waals surface area contributed by atoms with E-state index >= 15 is 0 Å². The molecule has 0 spiro atoms. The molecule has 0 unspecified atom stereocenters. The molecule has 0 saturated heterocycles. The predicted molar refractivity (Wildman–Crippen MR) is 75.7 cm³/mol. The van der Waals surface area contributed by atoms with Crippen molar-refractivity contribution >= 4 is 5.91 Å². The maximum Gasteiger partial charge on any atom is 0.287 e. The Labute approximate surface area is 117 Å². The molecule has 5 heteroatoms. The van der Waals surface area contributed by atoms with Crippen LogP contribution < -0.4 is 10.9 Å². The van der Waals surface area contributed by atoms with E-state index in [0.29, 0.717) is 24.8 Å². The number of aromatic nitrogens is 1. The number of carbonyl (C=O) groups is 1. The average molecular weight is 274 g/mol. The molecule has 2 aromatic rings. The Hall–Kier alpha value is -2.30. The fourth-order valence-electron chi connectivity index (χ4n) is 1.73. The van der Waals surface area contributed by atoms with Crippen LogP contribution >= 0.6 is 0 Å². The lowest BCUT2D eigenvalue weighted by atomic mass is 10.2. The minimum absolute atomic E-state index is 0.102. The van der Waals surface area contributed by atoms with Gasteiger partial charge in [0.2, 0.25) is 0 Å². The Morgan fingerprint density at radius 3 is 2.80 bits per heavy atom. The minimum atomic E-state index is -0.231. The molecule has 2 rings (SSSR count). The summed E-state index contributed by atoms with van der Waals surface area (Å²) in [5, 5.41) is 2.79. The third kappa shape index (κ3) is 3.60. The van der Waals surface area contributed by atoms with Gasteiger partial charge in [-0.05, 0) is 24.1 Å². The van der Waals surface area contributed by atoms with Gasteiger partial charge in [-0.1, -0.05) is 19.9 Å². The lowest BCUT2D eigenvalue weighted by molar-refractivity contribution is 0.0919. The molecule has 0 aromatic carbocycles. The summed E-state index contributed by atoms with van der Waals surface area (Å²) in [6.07, 6.45) is 1.68. The van der Waals surface area contributed by atoms with Crippen LogP contribution in [0.2, 0.25) is 0 Å². The molecule has 106 valence electrons. The van der Waals surface area contributed by atoms with Gasteiger partial charge in [0.1, 0.15) is 5.76 Å². The van der Waals surface area contributed by atoms with E-state index in [0.717, 1.165) is 0 Å². The van der Waals surface area contributed by atoms with Crippen LogP contribution in [0.25, 0.3) is 0 Å². The van der Waals surface area contributed by atoms with Crippen molar-refractivity contribution in [2.45, 2.75) is 20.4 Å². The fraction of sp³-hybridized carbons (Fsp3) is 0.333. The fourth-order valence-corrected chi connectivity index (χ4v) is 1.73. The largest absolute Gasteiger partial charge is 0.454 e. The highest BCUT2D eigenvalue weighted by Crippen LogP contribution is 2.09. The Balaban J connectivity index is 2.04. The van der Waals surface area contributed by atoms with E-state index in [1.807, 2.05) is 13.8 Å². The van der Waals surface area contributed by atoms with Crippen LogP contribution in [0.15, 0.2) is 45.7 Å². The van der Waals surface area contributed by atoms with Crippen molar-refractivity contribution in [3.63, 3.8) is 0 Å². The first-order valence-electron chi connectivity index (χ1n) is 6.58. The van der Waals surface area contributed by atoms with E-state index in [-0.39, 0.29) is 17.2 Å². The number of nitrogens with zero attached hydrogens (tertiary/aromatic N) is 1. The summed E-state index contributed by atoms with van der Waals surface area (Å²) in [5.74, 6) is 0.999. The monoisotopic (exact) mass is 274 g/mol. The van der Waals surface area contributed by atoms with Crippen LogP contribution in [0.3, 0.4) is 0 Å². The lowest BCUT2D eigenvalue weighted by Crippen LogP contribution is -2.26. The van der Waals surface area contributed by atoms with Crippen molar-refractivity contribution in [3.8, 4) is 0 Å². The molecular weight excluding hydrogens is 256 g/mol. The predicted octanol–water partition coefficient (Wildman–Crippen LogP) is 1.88. The first-order valence-corrected chi connectivity index (χ1v) is 6.58. The second-order valence-electron chi connectivity index (χ2n) is 5.04. The molecule has 0 fully saturated rings. The van der Waals surface area contributed by atoms with Gasteiger partial charge in [0, 0.05) is 18.8 Å². The number of hydrogen-bond donors (Lipinski definition) is 1. The molecule has 1 amide bonds. The van der Waals surface area contributed by atoms with Crippen LogP contribution in [0.4, 0.5) is 0 Å². The van der Waals surface area contributed by atoms with Gasteiger partial charge in [-0.2, -0.15) is 0 Å². The van der Waals surface area contributed by atoms with Crippen molar-refractivity contribution in [2.75, 3.05) is 6.54 Å². The van der Waals surface area contributed by atoms with Crippen LogP contribution in [-0.2, 0) is 6.54 Å². The third-order valence-corrected chi connectivity index (χ3v) is 2.78. The first kappa shape index (κ1) is 14.1. The summed E-state index contributed by atoms with van der Waals surface area (Å²) in [6, 6.07) is 8.29. The molecule has 0 atom stereocenters. The zero-order valence-electron chi connectivity index (χ0n) is 11.6. The summed E-state index contributed by atoms with van der Waals surface area (Å²) < 4.78 is 6.99. The second-order valence-corrected chi connectivity index (χ2v) is 5.04. The maximum absolute atomic E-state index is 11.8. The standard InChI is InChI=1S/C15H18N2O3/c1-11(2)9-16-15(19)13-7-6-12(20-13)10-17-8-4-3-5-14(17)18/h3-8,11H,9-10H2,1-2H3,(H,16,19). The van der Waals surface area contributed by atoms with Crippen molar-refractivity contribution in [3.05, 3.63) is 58.4 Å². The molecule has 0 bridgehead atoms. The molecule has 2 heterocycles. The molecule has 0 aliphatic rings. The van der Waals surface area contributed by atoms with Gasteiger partial charge in [0.05, 0.1) is 6.54 Å². The number of hydrogen-bond acceptors (Lipinski definition) is 3. The number of pyridine rings is 1. The zero-order chi connectivity index (χ0) is 14.5. The van der Waals surface area contributed by atoms with E-state index in [1.165, 1.54) is 10.6 Å². The summed E-state index contributed by atoms with van der Waals surface area (Å²) in [4.78, 5) is 23.4. The molecule has 5 nitrogen and oxygen atoms in total. The highest BCUT2D eigenvalue weighted by atomic mass is 16.4. The van der Waals surface area contributed by atoms with Crippen LogP contribution in [-0.4, -0.2) is 17.0 Å². The molecule has 0 radical (unpaired) electrons. The van der Waals surface area contributed by atoms with Crippen molar-refractivity contribution in [1.29, 1.82) is 0 Å². The highest BCUT2D eigenvalue weighted by Gasteiger charge is 2.11. The molecule has 2 aromatic heterocycles. The zero-order valence-corrected chi connectivity index (χ0v) is 11.6. The van der Waals surface area contributed by atoms with Crippen LogP contribution in [0, 0.1) is 5.92 Å². The molecular formula is C15H18N2O3. The summed E-state index contributed by atoms with van der Waals surface area (Å²) in [7, 11) is 0. The number of carbonyl (C=O) groups excluding carboxylic acids is 1. The summed E-state index contributed by atoms with van der Waals surface area (Å²) >= 11 is 0. The molecule has 0 saturated carbocycles. The maximum atomic E-state index is 11.8. The quantitative estimate of drug-likeness (QED) is 0.905. The van der Waals surface area contributed by atoms with Gasteiger partial charge >= 0.3 is 0 Å². The highest BCUT2D eigenvalue weighted by molar-refractivity contribution is 5.91. The molecule has 0 aliphatic carbocycles. The van der Waals surface area contributed by atoms with Gasteiger partial charge < -0.3 is 14.3 Å². The summed E-state index contributed by atoms with van der Waals surface area (Å²) in [6.45, 7) is 4.97. The van der Waals surface area contributed by atoms with E-state index in [9.17, 15) is 9.59 Å². The van der Waals surface area contributed by atoms with E-state index < -0.39 is 0 Å². The second kappa shape index (κ2) is 6.23. The lowest BCUT2D eigenvalue weighted by Gasteiger charge is -2.05. The van der Waals surface area contributed by atoms with Gasteiger partial charge in [0.15, 0.2) is 5.76 Å². The smallest absolute Gasteiger partial charge is 0.287 e. The van der Waals surface area contributed by atoms with Gasteiger partial charge in [0.25, 0.3) is 11.5 Å². The van der Waals surface area contributed by atoms with E-state index in [2.05, 4.69) is 5.32 Å². The van der Waals surface area contributed by atoms with Gasteiger partial charge in [-0.3, -0.25) is 9.59 Å². The third-order valence-electron chi connectivity index (χ3n) is 2.78. The normalized spacial score (nSPS) is 10.8. The van der Waals surface area contributed by atoms with Crippen molar-refractivity contribution in [2.24, 2.45) is 5.92 Å². The molecule has 20 heavy (non-hydrogen) atoms. The van der Waals surface area contributed by atoms with Crippen LogP contribution in [0.5, 0.6) is 0 Å². The Kier molecular flexibility index (Phi) is 4.40. The van der Waals surface area contributed by atoms with Gasteiger partial charge in [-0.15, -0.1) is 0 Å². The van der Waals surface area contributed by atoms with Crippen molar-refractivity contribution < 1.29 is 9.21 Å². The Morgan fingerprint density at radius 2 is 2.10 bits per heavy atom. The van der Waals surface area contributed by atoms with Gasteiger partial charge in [-0.25, -0.2) is 0 Å². The number of furan rings is 1. The Morgan fingerprint density at radius 1 is 1.30 bits per heavy atom. The van der Waals surface area contributed by atoms with Crippen molar-refractivity contribution in [1.82, 2.24) is 9.88 Å². The summed E-state index contributed by atoms with van der Waals surface area (Å²) in [5.41, 5.74) is -0.102. The Bertz CT molecular complexity index is 640. The van der Waals surface area contributed by atoms with E-state index in [1.54, 1.807) is 30.5 Å². The molecule has 0 aliphatic heterocycles. The number of rotatable bonds is 5. The topological polar surface area (TPSA) is 64.2 Å². The van der Waals surface area contributed by atoms with Crippen LogP contribution in [0.1, 0.15) is 30.2 Å². The minimum Gasteiger partial charge on any atom is -0.454 e. The number of amides is 1. The average Bonchev–Trinajstić information content (AvgIpc) is 2.87.